The number of hydrogen-bond donors (Lipinski definition) is 1. The Balaban J connectivity index is 1.63. The lowest BCUT2D eigenvalue weighted by molar-refractivity contribution is 0.184. The predicted octanol–water partition coefficient (Wildman–Crippen LogP) is -1.41. The van der Waals surface area contributed by atoms with Crippen LogP contribution in [-0.2, 0) is 6.54 Å². The van der Waals surface area contributed by atoms with Gasteiger partial charge >= 0.3 is 16.5 Å². The van der Waals surface area contributed by atoms with Crippen molar-refractivity contribution in [1.29, 1.82) is 0 Å². The van der Waals surface area contributed by atoms with Crippen molar-refractivity contribution in [2.24, 2.45) is 0 Å². The minimum Gasteiger partial charge on any atom is -0.388 e. The summed E-state index contributed by atoms with van der Waals surface area (Å²) in [6.45, 7) is 8.05. The van der Waals surface area contributed by atoms with Crippen LogP contribution in [0.15, 0.2) is 6.20 Å². The molecule has 1 fully saturated rings. The molecule has 2 N–H and O–H groups in total. The van der Waals surface area contributed by atoms with Gasteiger partial charge in [0.05, 0.1) is 18.1 Å². The monoisotopic (exact) mass is 353 g/mol. The molecule has 0 spiro atoms. The van der Waals surface area contributed by atoms with Crippen LogP contribution < -0.4 is 5.73 Å². The Morgan fingerprint density at radius 3 is 2.72 bits per heavy atom. The minimum absolute atomic E-state index is 0.297. The van der Waals surface area contributed by atoms with Crippen molar-refractivity contribution < 1.29 is 0 Å². The van der Waals surface area contributed by atoms with Crippen LogP contribution >= 0.6 is 0 Å². The Labute approximate surface area is 153 Å². The fourth-order valence-electron chi connectivity index (χ4n) is 3.09. The molecule has 4 heterocycles. The van der Waals surface area contributed by atoms with Crippen LogP contribution in [0, 0.1) is 11.8 Å². The number of nitrogen functional groups attached to an aromatic ring is 1. The first kappa shape index (κ1) is 16.3. The summed E-state index contributed by atoms with van der Waals surface area (Å²) in [7, 11) is 0. The number of rotatable bonds is 3. The number of nitrogens with two attached hydrogens (primary N) is 1. The zero-order valence-electron chi connectivity index (χ0n) is 14.5. The number of anilines is 1. The van der Waals surface area contributed by atoms with Gasteiger partial charge in [0.1, 0.15) is 0 Å². The largest absolute Gasteiger partial charge is 0.388 e. The van der Waals surface area contributed by atoms with E-state index in [0.29, 0.717) is 17.4 Å². The standard InChI is InChI=1S/C15H18N9.Al.2H/c1-2-3-12-19-14-11-10-18-23(9-8-22-6-4-17-5-7-22)13(11)20-15(16)24(14)21-12;;;/h10H,4-9H2,1H3,(H2,16,20);;;/q-1;+1;;. The number of hydrogen-bond acceptors (Lipinski definition) is 7. The number of piperazine rings is 1. The number of nitrogens with zero attached hydrogens (tertiary/aromatic N) is 8. The molecule has 10 heteroatoms. The van der Waals surface area contributed by atoms with Gasteiger partial charge in [-0.3, -0.25) is 4.90 Å². The summed E-state index contributed by atoms with van der Waals surface area (Å²) in [6.07, 6.45) is 1.78. The van der Waals surface area contributed by atoms with Crippen LogP contribution in [-0.4, -0.2) is 87.4 Å². The summed E-state index contributed by atoms with van der Waals surface area (Å²) in [5, 5.41) is 9.62. The molecule has 0 aromatic carbocycles. The molecule has 3 aromatic heterocycles. The molecule has 0 unspecified atom stereocenters. The third-order valence-electron chi connectivity index (χ3n) is 4.56. The average Bonchev–Trinajstić information content (AvgIpc) is 3.19. The van der Waals surface area contributed by atoms with Gasteiger partial charge in [0.25, 0.3) is 0 Å². The zero-order valence-corrected chi connectivity index (χ0v) is 16.5. The molecular formula is C15H20AlN9. The first-order valence-electron chi connectivity index (χ1n) is 8.37. The maximum atomic E-state index is 6.06. The second-order valence-corrected chi connectivity index (χ2v) is 7.53. The summed E-state index contributed by atoms with van der Waals surface area (Å²) in [6, 6.07) is 0. The molecular weight excluding hydrogens is 333 g/mol. The van der Waals surface area contributed by atoms with E-state index in [0.717, 1.165) is 53.7 Å². The van der Waals surface area contributed by atoms with Crippen LogP contribution in [0.25, 0.3) is 16.7 Å². The molecule has 0 amide bonds. The lowest BCUT2D eigenvalue weighted by Gasteiger charge is -2.33. The number of fused-ring (bicyclic) bond motifs is 3. The Kier molecular flexibility index (Phi) is 4.32. The summed E-state index contributed by atoms with van der Waals surface area (Å²) >= 11 is 1.15. The molecule has 0 aliphatic carbocycles. The Morgan fingerprint density at radius 1 is 1.16 bits per heavy atom. The highest BCUT2D eigenvalue weighted by Gasteiger charge is 2.17. The predicted molar refractivity (Wildman–Crippen MR) is 97.6 cm³/mol. The van der Waals surface area contributed by atoms with Gasteiger partial charge in [-0.1, -0.05) is 5.92 Å². The van der Waals surface area contributed by atoms with Crippen molar-refractivity contribution >= 4 is 39.1 Å². The minimum atomic E-state index is 0.297. The smallest absolute Gasteiger partial charge is 0.321 e. The molecule has 0 radical (unpaired) electrons. The zero-order chi connectivity index (χ0) is 17.4. The number of aromatic nitrogens is 6. The maximum Gasteiger partial charge on any atom is 0.321 e. The van der Waals surface area contributed by atoms with Crippen molar-refractivity contribution in [3.63, 3.8) is 0 Å². The SMILES string of the molecule is CC#Cc1nc2c3cnn(CCN4CC[N]([AlH2])CC4)c3nc(N)n2n1. The van der Waals surface area contributed by atoms with Crippen LogP contribution in [0.3, 0.4) is 0 Å². The van der Waals surface area contributed by atoms with E-state index in [-0.39, 0.29) is 0 Å². The molecule has 9 nitrogen and oxygen atoms in total. The van der Waals surface area contributed by atoms with E-state index in [1.807, 2.05) is 4.68 Å². The molecule has 3 aromatic rings. The normalized spacial score (nSPS) is 16.4. The van der Waals surface area contributed by atoms with E-state index < -0.39 is 0 Å². The Hall–Kier alpha value is -2.17. The van der Waals surface area contributed by atoms with Gasteiger partial charge in [0.15, 0.2) is 11.3 Å². The summed E-state index contributed by atoms with van der Waals surface area (Å²) in [5.74, 6) is 6.40. The Morgan fingerprint density at radius 2 is 1.96 bits per heavy atom. The molecule has 25 heavy (non-hydrogen) atoms. The summed E-state index contributed by atoms with van der Waals surface area (Å²) < 4.78 is 5.91. The van der Waals surface area contributed by atoms with Crippen molar-refractivity contribution in [2.75, 3.05) is 38.5 Å². The van der Waals surface area contributed by atoms with Gasteiger partial charge in [0, 0.05) is 19.6 Å². The highest BCUT2D eigenvalue weighted by atomic mass is 27.1. The van der Waals surface area contributed by atoms with Crippen molar-refractivity contribution in [3.8, 4) is 11.8 Å². The molecule has 1 aliphatic heterocycles. The second kappa shape index (κ2) is 6.62. The van der Waals surface area contributed by atoms with E-state index in [9.17, 15) is 0 Å². The first-order chi connectivity index (χ1) is 12.2. The molecule has 4 rings (SSSR count). The van der Waals surface area contributed by atoms with Crippen molar-refractivity contribution in [3.05, 3.63) is 12.0 Å². The first-order valence-corrected chi connectivity index (χ1v) is 9.26. The third kappa shape index (κ3) is 3.08. The Bertz CT molecular complexity index is 972. The van der Waals surface area contributed by atoms with Gasteiger partial charge in [-0.05, 0) is 25.9 Å². The molecule has 0 atom stereocenters. The molecule has 0 saturated carbocycles. The van der Waals surface area contributed by atoms with E-state index in [2.05, 4.69) is 40.8 Å². The quantitative estimate of drug-likeness (QED) is 0.457. The highest BCUT2D eigenvalue weighted by molar-refractivity contribution is 6.04. The van der Waals surface area contributed by atoms with E-state index in [1.165, 1.54) is 17.6 Å². The van der Waals surface area contributed by atoms with Gasteiger partial charge in [-0.25, -0.2) is 4.68 Å². The van der Waals surface area contributed by atoms with Gasteiger partial charge in [-0.2, -0.15) is 19.6 Å². The molecule has 1 saturated heterocycles. The van der Waals surface area contributed by atoms with Gasteiger partial charge < -0.3 is 9.62 Å². The van der Waals surface area contributed by atoms with Crippen LogP contribution in [0.1, 0.15) is 12.7 Å². The third-order valence-corrected chi connectivity index (χ3v) is 5.45. The summed E-state index contributed by atoms with van der Waals surface area (Å²) in [5.41, 5.74) is 7.46. The van der Waals surface area contributed by atoms with Crippen LogP contribution in [0.2, 0.25) is 0 Å². The maximum absolute atomic E-state index is 6.06. The van der Waals surface area contributed by atoms with E-state index in [1.54, 1.807) is 13.1 Å². The molecule has 0 bridgehead atoms. The second-order valence-electron chi connectivity index (χ2n) is 6.27. The lowest BCUT2D eigenvalue weighted by Crippen LogP contribution is -2.46. The van der Waals surface area contributed by atoms with Gasteiger partial charge in [0.2, 0.25) is 11.8 Å². The summed E-state index contributed by atoms with van der Waals surface area (Å²) in [4.78, 5) is 11.4. The topological polar surface area (TPSA) is 93.4 Å². The molecule has 128 valence electrons. The van der Waals surface area contributed by atoms with E-state index >= 15 is 0 Å². The van der Waals surface area contributed by atoms with Crippen molar-refractivity contribution in [1.82, 2.24) is 38.1 Å². The highest BCUT2D eigenvalue weighted by Crippen LogP contribution is 2.19. The molecule has 1 aliphatic rings. The van der Waals surface area contributed by atoms with Crippen molar-refractivity contribution in [2.45, 2.75) is 13.5 Å². The fraction of sp³-hybridized carbons (Fsp3) is 0.467. The lowest BCUT2D eigenvalue weighted by atomic mass is 10.3. The van der Waals surface area contributed by atoms with Gasteiger partial charge in [-0.15, -0.1) is 5.10 Å². The fourth-order valence-corrected chi connectivity index (χ4v) is 3.49. The average molecular weight is 353 g/mol. The van der Waals surface area contributed by atoms with E-state index in [4.69, 9.17) is 5.73 Å². The van der Waals surface area contributed by atoms with Crippen LogP contribution in [0.5, 0.6) is 0 Å². The van der Waals surface area contributed by atoms with Crippen LogP contribution in [0.4, 0.5) is 5.95 Å².